The molecule has 4 rings (SSSR count). The predicted octanol–water partition coefficient (Wildman–Crippen LogP) is 2.91. The Morgan fingerprint density at radius 2 is 1.90 bits per heavy atom. The second-order valence-electron chi connectivity index (χ2n) is 7.09. The van der Waals surface area contributed by atoms with Gasteiger partial charge in [-0.3, -0.25) is 14.6 Å². The summed E-state index contributed by atoms with van der Waals surface area (Å²) in [6.07, 6.45) is 4.61. The van der Waals surface area contributed by atoms with Crippen LogP contribution in [0.5, 0.6) is 0 Å². The number of amides is 2. The van der Waals surface area contributed by atoms with Crippen LogP contribution in [0, 0.1) is 5.92 Å². The van der Waals surface area contributed by atoms with Crippen molar-refractivity contribution in [2.24, 2.45) is 5.92 Å². The first-order valence-corrected chi connectivity index (χ1v) is 9.69. The average Bonchev–Trinajstić information content (AvgIpc) is 3.29. The molecule has 2 aromatic heterocycles. The van der Waals surface area contributed by atoms with Crippen molar-refractivity contribution in [3.63, 3.8) is 0 Å². The zero-order valence-electron chi connectivity index (χ0n) is 16.0. The van der Waals surface area contributed by atoms with Gasteiger partial charge in [0.25, 0.3) is 5.91 Å². The monoisotopic (exact) mass is 390 g/mol. The number of nitrogens with one attached hydrogen (secondary N) is 1. The number of nitrogens with zero attached hydrogens (tertiary/aromatic N) is 3. The fraction of sp³-hybridized carbons (Fsp3) is 0.273. The number of carbonyl (C=O) groups is 2. The second kappa shape index (κ2) is 8.68. The summed E-state index contributed by atoms with van der Waals surface area (Å²) in [5.74, 6) is 0.302. The highest BCUT2D eigenvalue weighted by Crippen LogP contribution is 2.22. The van der Waals surface area contributed by atoms with E-state index in [0.717, 1.165) is 11.1 Å². The molecule has 29 heavy (non-hydrogen) atoms. The molecule has 0 unspecified atom stereocenters. The van der Waals surface area contributed by atoms with Gasteiger partial charge in [-0.15, -0.1) is 0 Å². The van der Waals surface area contributed by atoms with E-state index in [1.807, 2.05) is 36.4 Å². The highest BCUT2D eigenvalue weighted by molar-refractivity contribution is 5.93. The first-order valence-electron chi connectivity index (χ1n) is 9.69. The van der Waals surface area contributed by atoms with Crippen molar-refractivity contribution in [2.45, 2.75) is 19.4 Å². The van der Waals surface area contributed by atoms with E-state index in [9.17, 15) is 9.59 Å². The maximum atomic E-state index is 12.7. The van der Waals surface area contributed by atoms with Crippen molar-refractivity contribution < 1.29 is 14.1 Å². The van der Waals surface area contributed by atoms with Crippen LogP contribution in [0.3, 0.4) is 0 Å². The molecule has 3 heterocycles. The Hall–Kier alpha value is -3.48. The summed E-state index contributed by atoms with van der Waals surface area (Å²) in [5.41, 5.74) is 2.12. The molecule has 0 radical (unpaired) electrons. The van der Waals surface area contributed by atoms with Crippen molar-refractivity contribution in [1.82, 2.24) is 20.4 Å². The lowest BCUT2D eigenvalue weighted by atomic mass is 9.95. The van der Waals surface area contributed by atoms with Crippen molar-refractivity contribution in [3.05, 3.63) is 72.2 Å². The average molecular weight is 390 g/mol. The van der Waals surface area contributed by atoms with Crippen LogP contribution in [0.2, 0.25) is 0 Å². The largest absolute Gasteiger partial charge is 0.355 e. The molecule has 1 fully saturated rings. The summed E-state index contributed by atoms with van der Waals surface area (Å²) < 4.78 is 5.29. The summed E-state index contributed by atoms with van der Waals surface area (Å²) in [4.78, 5) is 30.9. The number of aromatic nitrogens is 2. The van der Waals surface area contributed by atoms with Gasteiger partial charge < -0.3 is 14.7 Å². The molecule has 0 saturated carbocycles. The van der Waals surface area contributed by atoms with Crippen LogP contribution in [-0.2, 0) is 11.3 Å². The highest BCUT2D eigenvalue weighted by Gasteiger charge is 2.29. The lowest BCUT2D eigenvalue weighted by Gasteiger charge is -2.30. The maximum absolute atomic E-state index is 12.7. The van der Waals surface area contributed by atoms with E-state index in [4.69, 9.17) is 4.52 Å². The number of hydrogen-bond donors (Lipinski definition) is 1. The lowest BCUT2D eigenvalue weighted by Crippen LogP contribution is -2.43. The summed E-state index contributed by atoms with van der Waals surface area (Å²) in [6, 6.07) is 15.1. The molecule has 148 valence electrons. The molecule has 3 aromatic rings. The molecule has 0 spiro atoms. The van der Waals surface area contributed by atoms with Gasteiger partial charge in [0.2, 0.25) is 5.91 Å². The molecule has 2 amide bonds. The lowest BCUT2D eigenvalue weighted by molar-refractivity contribution is -0.126. The number of carbonyl (C=O) groups excluding carboxylic acids is 2. The molecule has 1 saturated heterocycles. The fourth-order valence-corrected chi connectivity index (χ4v) is 3.46. The van der Waals surface area contributed by atoms with E-state index in [-0.39, 0.29) is 23.4 Å². The Morgan fingerprint density at radius 3 is 2.62 bits per heavy atom. The Kier molecular flexibility index (Phi) is 5.65. The zero-order valence-corrected chi connectivity index (χ0v) is 16.0. The molecule has 0 bridgehead atoms. The highest BCUT2D eigenvalue weighted by atomic mass is 16.5. The number of pyridine rings is 1. The second-order valence-corrected chi connectivity index (χ2v) is 7.09. The Balaban J connectivity index is 1.29. The molecule has 0 atom stereocenters. The Bertz CT molecular complexity index is 964. The normalized spacial score (nSPS) is 14.6. The summed E-state index contributed by atoms with van der Waals surface area (Å²) >= 11 is 0. The van der Waals surface area contributed by atoms with E-state index in [0.29, 0.717) is 38.2 Å². The molecule has 1 aliphatic heterocycles. The molecular formula is C22H22N4O3. The summed E-state index contributed by atoms with van der Waals surface area (Å²) in [5, 5.41) is 6.90. The third-order valence-corrected chi connectivity index (χ3v) is 5.14. The van der Waals surface area contributed by atoms with Crippen molar-refractivity contribution in [1.29, 1.82) is 0 Å². The minimum atomic E-state index is -0.174. The van der Waals surface area contributed by atoms with Crippen LogP contribution in [0.4, 0.5) is 0 Å². The summed E-state index contributed by atoms with van der Waals surface area (Å²) in [6.45, 7) is 1.57. The molecule has 1 N–H and O–H groups in total. The van der Waals surface area contributed by atoms with Crippen molar-refractivity contribution in [3.8, 4) is 11.3 Å². The zero-order chi connectivity index (χ0) is 20.1. The molecule has 1 aliphatic rings. The molecule has 7 nitrogen and oxygen atoms in total. The van der Waals surface area contributed by atoms with E-state index in [1.165, 1.54) is 0 Å². The maximum Gasteiger partial charge on any atom is 0.276 e. The van der Waals surface area contributed by atoms with Gasteiger partial charge in [-0.25, -0.2) is 0 Å². The van der Waals surface area contributed by atoms with Crippen molar-refractivity contribution >= 4 is 11.8 Å². The van der Waals surface area contributed by atoms with Crippen molar-refractivity contribution in [2.75, 3.05) is 13.1 Å². The minimum Gasteiger partial charge on any atom is -0.355 e. The number of rotatable bonds is 5. The van der Waals surface area contributed by atoms with Crippen LogP contribution >= 0.6 is 0 Å². The van der Waals surface area contributed by atoms with E-state index < -0.39 is 0 Å². The smallest absolute Gasteiger partial charge is 0.276 e. The van der Waals surface area contributed by atoms with Crippen LogP contribution in [0.25, 0.3) is 11.3 Å². The van der Waals surface area contributed by atoms with Gasteiger partial charge in [0.15, 0.2) is 11.5 Å². The third kappa shape index (κ3) is 4.51. The first-order chi connectivity index (χ1) is 14.2. The van der Waals surface area contributed by atoms with Crippen LogP contribution in [0.1, 0.15) is 28.9 Å². The number of hydrogen-bond acceptors (Lipinski definition) is 5. The predicted molar refractivity (Wildman–Crippen MR) is 107 cm³/mol. The Labute approximate surface area is 168 Å². The first kappa shape index (κ1) is 18.9. The molecule has 1 aromatic carbocycles. The van der Waals surface area contributed by atoms with E-state index >= 15 is 0 Å². The number of piperidine rings is 1. The van der Waals surface area contributed by atoms with Gasteiger partial charge in [0.05, 0.1) is 0 Å². The standard InChI is InChI=1S/C22H22N4O3/c27-21(24-14-16-5-2-1-3-6-16)17-8-11-26(12-9-17)22(28)19-13-20(29-25-19)18-7-4-10-23-15-18/h1-7,10,13,15,17H,8-9,11-12,14H2,(H,24,27). The van der Waals surface area contributed by atoms with E-state index in [2.05, 4.69) is 15.5 Å². The van der Waals surface area contributed by atoms with Gasteiger partial charge in [-0.1, -0.05) is 35.5 Å². The molecule has 0 aliphatic carbocycles. The number of benzene rings is 1. The molecule has 7 heteroatoms. The van der Waals surface area contributed by atoms with Gasteiger partial charge in [-0.05, 0) is 30.5 Å². The van der Waals surface area contributed by atoms with Crippen LogP contribution in [0.15, 0.2) is 65.4 Å². The Morgan fingerprint density at radius 1 is 1.10 bits per heavy atom. The third-order valence-electron chi connectivity index (χ3n) is 5.14. The number of likely N-dealkylation sites (tertiary alicyclic amines) is 1. The van der Waals surface area contributed by atoms with Gasteiger partial charge in [0, 0.05) is 49.6 Å². The minimum absolute atomic E-state index is 0.0428. The SMILES string of the molecule is O=C(NCc1ccccc1)C1CCN(C(=O)c2cc(-c3cccnc3)on2)CC1. The topological polar surface area (TPSA) is 88.3 Å². The molecular weight excluding hydrogens is 368 g/mol. The van der Waals surface area contributed by atoms with Gasteiger partial charge >= 0.3 is 0 Å². The van der Waals surface area contributed by atoms with Crippen LogP contribution < -0.4 is 5.32 Å². The van der Waals surface area contributed by atoms with Gasteiger partial charge in [-0.2, -0.15) is 0 Å². The van der Waals surface area contributed by atoms with E-state index in [1.54, 1.807) is 29.4 Å². The van der Waals surface area contributed by atoms with Gasteiger partial charge in [0.1, 0.15) is 0 Å². The quantitative estimate of drug-likeness (QED) is 0.724. The van der Waals surface area contributed by atoms with Crippen LogP contribution in [-0.4, -0.2) is 39.9 Å². The summed E-state index contributed by atoms with van der Waals surface area (Å²) in [7, 11) is 0. The fourth-order valence-electron chi connectivity index (χ4n) is 3.46.